The Labute approximate surface area is 76.6 Å². The van der Waals surface area contributed by atoms with Crippen LogP contribution >= 0.6 is 0 Å². The molecule has 0 atom stereocenters. The van der Waals surface area contributed by atoms with Gasteiger partial charge in [-0.1, -0.05) is 0 Å². The Balaban J connectivity index is 2.76. The van der Waals surface area contributed by atoms with Gasteiger partial charge in [-0.15, -0.1) is 0 Å². The predicted octanol–water partition coefficient (Wildman–Crippen LogP) is -0.293. The van der Waals surface area contributed by atoms with Crippen molar-refractivity contribution in [3.63, 3.8) is 0 Å². The summed E-state index contributed by atoms with van der Waals surface area (Å²) in [7, 11) is 1.72. The van der Waals surface area contributed by atoms with E-state index in [2.05, 4.69) is 9.97 Å². The predicted molar refractivity (Wildman–Crippen MR) is 49.2 cm³/mol. The molecule has 13 heavy (non-hydrogen) atoms. The van der Waals surface area contributed by atoms with Gasteiger partial charge in [0.2, 0.25) is 11.9 Å². The number of hydrogen-bond acceptors (Lipinski definition) is 4. The van der Waals surface area contributed by atoms with Crippen LogP contribution in [0.3, 0.4) is 0 Å². The number of rotatable bonds is 3. The van der Waals surface area contributed by atoms with Crippen LogP contribution in [0.5, 0.6) is 0 Å². The summed E-state index contributed by atoms with van der Waals surface area (Å²) in [5.74, 6) is 0.117. The number of hydrogen-bond donors (Lipinski definition) is 1. The molecule has 2 N–H and O–H groups in total. The summed E-state index contributed by atoms with van der Waals surface area (Å²) in [6.07, 6.45) is 1.65. The largest absolute Gasteiger partial charge is 0.368 e. The van der Waals surface area contributed by atoms with Crippen LogP contribution in [0.25, 0.3) is 0 Å². The zero-order valence-corrected chi connectivity index (χ0v) is 7.69. The van der Waals surface area contributed by atoms with Gasteiger partial charge in [-0.3, -0.25) is 4.79 Å². The van der Waals surface area contributed by atoms with E-state index in [0.717, 1.165) is 5.69 Å². The van der Waals surface area contributed by atoms with Crippen molar-refractivity contribution in [2.75, 3.05) is 18.5 Å². The summed E-state index contributed by atoms with van der Waals surface area (Å²) in [6.45, 7) is 1.99. The lowest BCUT2D eigenvalue weighted by molar-refractivity contribution is -0.116. The highest BCUT2D eigenvalue weighted by molar-refractivity contribution is 5.78. The normalized spacial score (nSPS) is 9.69. The number of aromatic nitrogens is 2. The minimum atomic E-state index is -0.396. The maximum absolute atomic E-state index is 10.6. The van der Waals surface area contributed by atoms with Crippen LogP contribution in [-0.2, 0) is 4.79 Å². The average Bonchev–Trinajstić information content (AvgIpc) is 2.03. The number of carbonyl (C=O) groups excluding carboxylic acids is 1. The zero-order chi connectivity index (χ0) is 9.84. The van der Waals surface area contributed by atoms with Crippen molar-refractivity contribution in [3.05, 3.63) is 18.0 Å². The number of likely N-dealkylation sites (N-methyl/N-ethyl adjacent to an activating group) is 1. The van der Waals surface area contributed by atoms with Crippen molar-refractivity contribution in [1.82, 2.24) is 9.97 Å². The fourth-order valence-electron chi connectivity index (χ4n) is 0.924. The van der Waals surface area contributed by atoms with Crippen LogP contribution in [0.2, 0.25) is 0 Å². The monoisotopic (exact) mass is 180 g/mol. The molecule has 0 aliphatic rings. The third kappa shape index (κ3) is 2.70. The lowest BCUT2D eigenvalue weighted by Gasteiger charge is -2.14. The molecule has 1 aromatic rings. The molecule has 0 bridgehead atoms. The number of nitrogens with zero attached hydrogens (tertiary/aromatic N) is 3. The van der Waals surface area contributed by atoms with Gasteiger partial charge in [0.15, 0.2) is 0 Å². The molecule has 1 heterocycles. The van der Waals surface area contributed by atoms with Crippen molar-refractivity contribution >= 4 is 11.9 Å². The van der Waals surface area contributed by atoms with E-state index >= 15 is 0 Å². The van der Waals surface area contributed by atoms with Crippen LogP contribution in [-0.4, -0.2) is 29.5 Å². The van der Waals surface area contributed by atoms with E-state index in [1.807, 2.05) is 6.92 Å². The van der Waals surface area contributed by atoms with Gasteiger partial charge >= 0.3 is 0 Å². The number of carbonyl (C=O) groups is 1. The second kappa shape index (κ2) is 3.84. The number of anilines is 1. The van der Waals surface area contributed by atoms with Crippen LogP contribution < -0.4 is 10.6 Å². The SMILES string of the molecule is Cc1ccnc(N(C)CC(N)=O)n1. The van der Waals surface area contributed by atoms with E-state index in [-0.39, 0.29) is 6.54 Å². The molecule has 0 saturated heterocycles. The molecule has 5 heteroatoms. The maximum Gasteiger partial charge on any atom is 0.237 e. The summed E-state index contributed by atoms with van der Waals surface area (Å²) < 4.78 is 0. The fraction of sp³-hybridized carbons (Fsp3) is 0.375. The Bertz CT molecular complexity index is 313. The molecular formula is C8H12N4O. The Morgan fingerprint density at radius 1 is 1.69 bits per heavy atom. The topological polar surface area (TPSA) is 72.1 Å². The summed E-state index contributed by atoms with van der Waals surface area (Å²) in [5.41, 5.74) is 5.89. The van der Waals surface area contributed by atoms with E-state index in [1.165, 1.54) is 0 Å². The lowest BCUT2D eigenvalue weighted by Crippen LogP contribution is -2.31. The quantitative estimate of drug-likeness (QED) is 0.693. The van der Waals surface area contributed by atoms with Crippen LogP contribution in [0.15, 0.2) is 12.3 Å². The first-order chi connectivity index (χ1) is 6.09. The molecule has 1 rings (SSSR count). The Morgan fingerprint density at radius 3 is 2.92 bits per heavy atom. The van der Waals surface area contributed by atoms with Gasteiger partial charge in [0.05, 0.1) is 6.54 Å². The molecule has 1 amide bonds. The summed E-state index contributed by atoms with van der Waals surface area (Å²) >= 11 is 0. The molecule has 5 nitrogen and oxygen atoms in total. The summed E-state index contributed by atoms with van der Waals surface area (Å²) in [6, 6.07) is 1.79. The first-order valence-electron chi connectivity index (χ1n) is 3.88. The molecule has 70 valence electrons. The van der Waals surface area contributed by atoms with Crippen LogP contribution in [0.4, 0.5) is 5.95 Å². The average molecular weight is 180 g/mol. The van der Waals surface area contributed by atoms with Crippen LogP contribution in [0.1, 0.15) is 5.69 Å². The molecule has 0 spiro atoms. The van der Waals surface area contributed by atoms with Gasteiger partial charge in [0.25, 0.3) is 0 Å². The molecule has 0 aromatic carbocycles. The van der Waals surface area contributed by atoms with E-state index < -0.39 is 5.91 Å². The third-order valence-electron chi connectivity index (χ3n) is 1.52. The first-order valence-corrected chi connectivity index (χ1v) is 3.88. The third-order valence-corrected chi connectivity index (χ3v) is 1.52. The van der Waals surface area contributed by atoms with Gasteiger partial charge in [0.1, 0.15) is 0 Å². The summed E-state index contributed by atoms with van der Waals surface area (Å²) in [4.78, 5) is 20.3. The molecule has 0 unspecified atom stereocenters. The number of aryl methyl sites for hydroxylation is 1. The zero-order valence-electron chi connectivity index (χ0n) is 7.69. The van der Waals surface area contributed by atoms with Crippen LogP contribution in [0, 0.1) is 6.92 Å². The molecule has 0 fully saturated rings. The minimum Gasteiger partial charge on any atom is -0.368 e. The Hall–Kier alpha value is -1.65. The van der Waals surface area contributed by atoms with Crippen molar-refractivity contribution in [1.29, 1.82) is 0 Å². The highest BCUT2D eigenvalue weighted by atomic mass is 16.1. The van der Waals surface area contributed by atoms with E-state index in [4.69, 9.17) is 5.73 Å². The Kier molecular flexibility index (Phi) is 2.79. The highest BCUT2D eigenvalue weighted by Gasteiger charge is 2.05. The van der Waals surface area contributed by atoms with Crippen molar-refractivity contribution < 1.29 is 4.79 Å². The standard InChI is InChI=1S/C8H12N4O/c1-6-3-4-10-8(11-6)12(2)5-7(9)13/h3-4H,5H2,1-2H3,(H2,9,13). The first kappa shape index (κ1) is 9.44. The second-order valence-corrected chi connectivity index (χ2v) is 2.82. The van der Waals surface area contributed by atoms with Crippen molar-refractivity contribution in [2.45, 2.75) is 6.92 Å². The van der Waals surface area contributed by atoms with Crippen molar-refractivity contribution in [2.24, 2.45) is 5.73 Å². The number of nitrogens with two attached hydrogens (primary N) is 1. The van der Waals surface area contributed by atoms with Gasteiger partial charge in [-0.2, -0.15) is 0 Å². The van der Waals surface area contributed by atoms with E-state index in [9.17, 15) is 4.79 Å². The highest BCUT2D eigenvalue weighted by Crippen LogP contribution is 2.03. The van der Waals surface area contributed by atoms with Gasteiger partial charge < -0.3 is 10.6 Å². The minimum absolute atomic E-state index is 0.128. The van der Waals surface area contributed by atoms with Gasteiger partial charge in [-0.25, -0.2) is 9.97 Å². The van der Waals surface area contributed by atoms with Crippen molar-refractivity contribution in [3.8, 4) is 0 Å². The molecular weight excluding hydrogens is 168 g/mol. The molecule has 1 aromatic heterocycles. The lowest BCUT2D eigenvalue weighted by atomic mass is 10.4. The number of amides is 1. The second-order valence-electron chi connectivity index (χ2n) is 2.82. The molecule has 0 aliphatic heterocycles. The summed E-state index contributed by atoms with van der Waals surface area (Å²) in [5, 5.41) is 0. The molecule has 0 aliphatic carbocycles. The van der Waals surface area contributed by atoms with Gasteiger partial charge in [-0.05, 0) is 13.0 Å². The Morgan fingerprint density at radius 2 is 2.38 bits per heavy atom. The fourth-order valence-corrected chi connectivity index (χ4v) is 0.924. The maximum atomic E-state index is 10.6. The molecule has 0 radical (unpaired) electrons. The van der Waals surface area contributed by atoms with E-state index in [1.54, 1.807) is 24.2 Å². The molecule has 0 saturated carbocycles. The number of primary amides is 1. The van der Waals surface area contributed by atoms with E-state index in [0.29, 0.717) is 5.95 Å². The smallest absolute Gasteiger partial charge is 0.237 e. The van der Waals surface area contributed by atoms with Gasteiger partial charge in [0, 0.05) is 18.9 Å².